The summed E-state index contributed by atoms with van der Waals surface area (Å²) in [5.41, 5.74) is 19.9. The van der Waals surface area contributed by atoms with E-state index in [1.807, 2.05) is 30.6 Å². The largest absolute Gasteiger partial charge is 0.494 e. The molecule has 5 aromatic heterocycles. The Hall–Kier alpha value is -8.27. The number of nitrogens with two attached hydrogens (primary N) is 3. The first-order valence-electron chi connectivity index (χ1n) is 25.2. The molecule has 27 heteroatoms. The van der Waals surface area contributed by atoms with Gasteiger partial charge in [-0.15, -0.1) is 11.8 Å². The van der Waals surface area contributed by atoms with E-state index in [0.29, 0.717) is 100 Å². The number of aromatic nitrogens is 9. The molecule has 7 aromatic rings. The van der Waals surface area contributed by atoms with Gasteiger partial charge in [-0.3, -0.25) is 39.0 Å². The Kier molecular flexibility index (Phi) is 15.9. The summed E-state index contributed by atoms with van der Waals surface area (Å²) in [7, 11) is 1.45. The summed E-state index contributed by atoms with van der Waals surface area (Å²) in [5, 5.41) is 26.4. The Morgan fingerprint density at radius 2 is 1.65 bits per heavy atom. The molecule has 26 nitrogen and oxygen atoms in total. The van der Waals surface area contributed by atoms with Crippen molar-refractivity contribution in [1.29, 1.82) is 0 Å². The van der Waals surface area contributed by atoms with Gasteiger partial charge in [0, 0.05) is 92.9 Å². The van der Waals surface area contributed by atoms with E-state index in [2.05, 4.69) is 20.4 Å². The van der Waals surface area contributed by atoms with Crippen LogP contribution in [-0.2, 0) is 40.4 Å². The summed E-state index contributed by atoms with van der Waals surface area (Å²) < 4.78 is 23.3. The number of likely N-dealkylation sites (tertiary alicyclic amines) is 2. The Labute approximate surface area is 449 Å². The number of rotatable bonds is 23. The number of benzene rings is 2. The van der Waals surface area contributed by atoms with Crippen molar-refractivity contribution in [3.63, 3.8) is 0 Å². The molecule has 0 saturated carbocycles. The quantitative estimate of drug-likeness (QED) is 0.0304. The fraction of sp³-hybridized carbons (Fsp3) is 0.412. The van der Waals surface area contributed by atoms with Gasteiger partial charge < -0.3 is 55.3 Å². The molecule has 9 N–H and O–H groups in total. The highest BCUT2D eigenvalue weighted by molar-refractivity contribution is 8.00. The first kappa shape index (κ1) is 54.5. The van der Waals surface area contributed by atoms with Crippen molar-refractivity contribution in [1.82, 2.24) is 53.6 Å². The number of oxazole rings is 1. The number of aliphatic hydroxyl groups is 2. The number of anilines is 1. The fourth-order valence-electron chi connectivity index (χ4n) is 9.54. The number of hydrogen-bond donors (Lipinski definition) is 6. The minimum Gasteiger partial charge on any atom is -0.494 e. The summed E-state index contributed by atoms with van der Waals surface area (Å²) in [4.78, 5) is 104. The number of ether oxygens (including phenoxy) is 2. The van der Waals surface area contributed by atoms with Crippen molar-refractivity contribution in [2.45, 2.75) is 90.6 Å². The number of methoxy groups -OCH3 is 1. The van der Waals surface area contributed by atoms with Crippen molar-refractivity contribution in [3.05, 3.63) is 76.9 Å². The van der Waals surface area contributed by atoms with Gasteiger partial charge in [0.1, 0.15) is 28.5 Å². The van der Waals surface area contributed by atoms with E-state index in [0.717, 1.165) is 16.7 Å². The van der Waals surface area contributed by atoms with Gasteiger partial charge in [-0.1, -0.05) is 19.1 Å². The number of carbonyl (C=O) groups is 6. The van der Waals surface area contributed by atoms with Crippen LogP contribution >= 0.6 is 11.8 Å². The van der Waals surface area contributed by atoms with Crippen LogP contribution in [0.3, 0.4) is 0 Å². The van der Waals surface area contributed by atoms with Crippen LogP contribution in [-0.4, -0.2) is 156 Å². The lowest BCUT2D eigenvalue weighted by molar-refractivity contribution is -0.141. The third-order valence-corrected chi connectivity index (χ3v) is 14.9. The second-order valence-electron chi connectivity index (χ2n) is 18.9. The normalized spacial score (nSPS) is 15.4. The number of amides is 6. The van der Waals surface area contributed by atoms with Crippen molar-refractivity contribution < 1.29 is 52.9 Å². The third-order valence-electron chi connectivity index (χ3n) is 13.6. The van der Waals surface area contributed by atoms with E-state index in [9.17, 15) is 39.0 Å². The summed E-state index contributed by atoms with van der Waals surface area (Å²) in [5.74, 6) is -0.453. The molecule has 0 bridgehead atoms. The van der Waals surface area contributed by atoms with Crippen LogP contribution in [0.4, 0.5) is 5.95 Å². The summed E-state index contributed by atoms with van der Waals surface area (Å²) in [6.07, 6.45) is 4.52. The molecule has 1 unspecified atom stereocenters. The van der Waals surface area contributed by atoms with Gasteiger partial charge in [0.25, 0.3) is 5.91 Å². The molecule has 2 saturated heterocycles. The predicted octanol–water partition coefficient (Wildman–Crippen LogP) is 2.21. The number of imidazole rings is 1. The van der Waals surface area contributed by atoms with Crippen LogP contribution < -0.4 is 32.0 Å². The molecular weight excluding hydrogens is 1030 g/mol. The average molecular weight is 1090 g/mol. The van der Waals surface area contributed by atoms with Gasteiger partial charge in [0.15, 0.2) is 23.8 Å². The molecule has 2 atom stereocenters. The molecule has 2 fully saturated rings. The van der Waals surface area contributed by atoms with Crippen molar-refractivity contribution >= 4 is 86.1 Å². The monoisotopic (exact) mass is 1090 g/mol. The first-order valence-corrected chi connectivity index (χ1v) is 26.3. The van der Waals surface area contributed by atoms with Gasteiger partial charge in [-0.05, 0) is 56.9 Å². The van der Waals surface area contributed by atoms with Crippen molar-refractivity contribution in [3.8, 4) is 23.1 Å². The fourth-order valence-corrected chi connectivity index (χ4v) is 10.7. The van der Waals surface area contributed by atoms with Gasteiger partial charge >= 0.3 is 0 Å². The number of allylic oxidation sites excluding steroid dienone is 2. The summed E-state index contributed by atoms with van der Waals surface area (Å²) in [6.45, 7) is 9.03. The van der Waals surface area contributed by atoms with Gasteiger partial charge in [0.2, 0.25) is 41.2 Å². The number of aryl methyl sites for hydroxylation is 4. The number of nitrogens with zero attached hydrogens (tertiary/aromatic N) is 11. The van der Waals surface area contributed by atoms with E-state index in [1.54, 1.807) is 46.3 Å². The van der Waals surface area contributed by atoms with E-state index < -0.39 is 47.1 Å². The lowest BCUT2D eigenvalue weighted by Gasteiger charge is -2.39. The minimum atomic E-state index is -1.75. The lowest BCUT2D eigenvalue weighted by atomic mass is 9.96. The van der Waals surface area contributed by atoms with Crippen LogP contribution in [0.15, 0.2) is 47.0 Å². The molecule has 2 aliphatic rings. The SMILES string of the molecule is CCc1nc(C)oc1C(=O)Nc1nc2cc(C(N)=O)cc(OC)c2n1C/C=C/Cn1c2nc(-c3nc(C)nn3CC)ncc2c2cc(C(N)=O)cc(OCCC3CN(C(=O)CCN4C(=O)CC(SC[C@H](N)C(O)O)C4=O)C3)c21. The topological polar surface area (TPSA) is 363 Å². The summed E-state index contributed by atoms with van der Waals surface area (Å²) in [6, 6.07) is 5.29. The molecule has 7 heterocycles. The van der Waals surface area contributed by atoms with E-state index in [1.165, 1.54) is 19.2 Å². The Morgan fingerprint density at radius 3 is 2.35 bits per heavy atom. The van der Waals surface area contributed by atoms with E-state index in [4.69, 9.17) is 46.0 Å². The highest BCUT2D eigenvalue weighted by atomic mass is 32.2. The second-order valence-corrected chi connectivity index (χ2v) is 20.1. The van der Waals surface area contributed by atoms with Crippen LogP contribution in [0.1, 0.15) is 81.8 Å². The number of fused-ring (bicyclic) bond motifs is 4. The van der Waals surface area contributed by atoms with Gasteiger partial charge in [-0.25, -0.2) is 29.6 Å². The second kappa shape index (κ2) is 22.7. The minimum absolute atomic E-state index is 0.0378. The molecule has 410 valence electrons. The smallest absolute Gasteiger partial charge is 0.295 e. The van der Waals surface area contributed by atoms with Crippen molar-refractivity contribution in [2.24, 2.45) is 23.1 Å². The Balaban J connectivity index is 0.974. The standard InChI is InChI=1S/C51H59N15O11S/c1-6-33-42(77-26(4)57-33)48(71)60-51-58-34-17-29(44(54)70)18-35(75-5)41(34)65(51)13-9-8-12-64-40-30(31-21-55-45(59-46(31)64)47-56-25(3)61-66(47)7-2)16-28(43(53)69)19-36(40)76-15-11-27-22-62(23-27)38(67)10-14-63-39(68)20-37(49(63)72)78-24-32(52)50(73)74/h8-9,16-19,21,27,32,37,50,73-74H,6-7,10-15,20,22-24,52H2,1-5H3,(H2,53,69)(H2,54,70)(H,58,60,71)/b9-8+/t32-,37?/m0/s1. The average Bonchev–Trinajstić information content (AvgIpc) is 4.29. The van der Waals surface area contributed by atoms with Crippen LogP contribution in [0.5, 0.6) is 11.5 Å². The Bertz CT molecular complexity index is 3540. The van der Waals surface area contributed by atoms with Crippen LogP contribution in [0, 0.1) is 19.8 Å². The van der Waals surface area contributed by atoms with E-state index in [-0.39, 0.29) is 85.2 Å². The van der Waals surface area contributed by atoms with Gasteiger partial charge in [-0.2, -0.15) is 5.10 Å². The predicted molar refractivity (Wildman–Crippen MR) is 284 cm³/mol. The number of primary amides is 2. The number of nitrogens with one attached hydrogen (secondary N) is 1. The molecule has 0 radical (unpaired) electrons. The highest BCUT2D eigenvalue weighted by Crippen LogP contribution is 2.37. The maximum atomic E-state index is 13.7. The number of imide groups is 1. The molecule has 0 spiro atoms. The first-order chi connectivity index (χ1) is 37.4. The molecule has 2 aliphatic heterocycles. The van der Waals surface area contributed by atoms with Crippen LogP contribution in [0.2, 0.25) is 0 Å². The zero-order chi connectivity index (χ0) is 55.7. The number of carbonyl (C=O) groups excluding carboxylic acids is 6. The molecular formula is C51H59N15O11S. The molecule has 78 heavy (non-hydrogen) atoms. The zero-order valence-electron chi connectivity index (χ0n) is 43.5. The lowest BCUT2D eigenvalue weighted by Crippen LogP contribution is -2.51. The van der Waals surface area contributed by atoms with Gasteiger partial charge in [0.05, 0.1) is 41.7 Å². The highest BCUT2D eigenvalue weighted by Gasteiger charge is 2.40. The molecule has 2 aromatic carbocycles. The maximum absolute atomic E-state index is 13.7. The van der Waals surface area contributed by atoms with Crippen LogP contribution in [0.25, 0.3) is 44.6 Å². The number of thioether (sulfide) groups is 1. The molecule has 6 amide bonds. The third kappa shape index (κ3) is 11.0. The maximum Gasteiger partial charge on any atom is 0.295 e. The van der Waals surface area contributed by atoms with E-state index >= 15 is 0 Å². The summed E-state index contributed by atoms with van der Waals surface area (Å²) >= 11 is 1.08. The number of hydrogen-bond acceptors (Lipinski definition) is 19. The molecule has 9 rings (SSSR count). The number of aliphatic hydroxyl groups excluding tert-OH is 1. The molecule has 0 aliphatic carbocycles. The zero-order valence-corrected chi connectivity index (χ0v) is 44.3. The Morgan fingerprint density at radius 1 is 0.936 bits per heavy atom. The van der Waals surface area contributed by atoms with Crippen molar-refractivity contribution in [2.75, 3.05) is 44.4 Å².